The Morgan fingerprint density at radius 3 is 2.68 bits per heavy atom. The maximum Gasteiger partial charge on any atom is 0.276 e. The van der Waals surface area contributed by atoms with Crippen LogP contribution in [0.25, 0.3) is 0 Å². The van der Waals surface area contributed by atoms with E-state index < -0.39 is 0 Å². The number of nitrogens with one attached hydrogen (secondary N) is 3. The van der Waals surface area contributed by atoms with E-state index in [-0.39, 0.29) is 12.5 Å². The summed E-state index contributed by atoms with van der Waals surface area (Å²) in [6, 6.07) is 15.9. The molecule has 0 bridgehead atoms. The molecule has 0 saturated heterocycles. The summed E-state index contributed by atoms with van der Waals surface area (Å²) in [6.07, 6.45) is 3.41. The van der Waals surface area contributed by atoms with Crippen LogP contribution in [-0.4, -0.2) is 17.6 Å². The number of hydrogen-bond acceptors (Lipinski definition) is 3. The molecule has 1 aliphatic rings. The maximum absolute atomic E-state index is 11.8. The molecule has 2 aromatic carbocycles. The first kappa shape index (κ1) is 17.2. The van der Waals surface area contributed by atoms with Gasteiger partial charge in [0.25, 0.3) is 5.91 Å². The van der Waals surface area contributed by atoms with Gasteiger partial charge in [-0.15, -0.1) is 0 Å². The highest BCUT2D eigenvalue weighted by molar-refractivity contribution is 7.80. The lowest BCUT2D eigenvalue weighted by Gasteiger charge is -2.12. The van der Waals surface area contributed by atoms with Crippen LogP contribution >= 0.6 is 12.2 Å². The lowest BCUT2D eigenvalue weighted by Crippen LogP contribution is -2.48. The smallest absolute Gasteiger partial charge is 0.276 e. The summed E-state index contributed by atoms with van der Waals surface area (Å²) in [7, 11) is 0. The normalized spacial score (nSPS) is 12.2. The fraction of sp³-hybridized carbons (Fsp3) is 0.263. The predicted octanol–water partition coefficient (Wildman–Crippen LogP) is 2.25. The molecular weight excluding hydrogens is 334 g/mol. The zero-order valence-electron chi connectivity index (χ0n) is 13.9. The van der Waals surface area contributed by atoms with Crippen LogP contribution in [0.5, 0.6) is 5.75 Å². The van der Waals surface area contributed by atoms with Crippen molar-refractivity contribution in [3.63, 3.8) is 0 Å². The average Bonchev–Trinajstić information content (AvgIpc) is 3.11. The maximum atomic E-state index is 11.8. The number of hydrogen-bond donors (Lipinski definition) is 3. The number of fused-ring (bicyclic) bond motifs is 1. The van der Waals surface area contributed by atoms with Gasteiger partial charge in [0.15, 0.2) is 11.7 Å². The monoisotopic (exact) mass is 355 g/mol. The fourth-order valence-electron chi connectivity index (χ4n) is 2.77. The molecule has 25 heavy (non-hydrogen) atoms. The first-order valence-electron chi connectivity index (χ1n) is 8.32. The highest BCUT2D eigenvalue weighted by atomic mass is 32.1. The number of aryl methyl sites for hydroxylation is 2. The van der Waals surface area contributed by atoms with Gasteiger partial charge in [0, 0.05) is 6.54 Å². The third-order valence-electron chi connectivity index (χ3n) is 4.05. The number of carbonyl (C=O) groups is 1. The molecule has 0 heterocycles. The Morgan fingerprint density at radius 1 is 1.04 bits per heavy atom. The summed E-state index contributed by atoms with van der Waals surface area (Å²) < 4.78 is 5.54. The molecule has 0 aromatic heterocycles. The van der Waals surface area contributed by atoms with Crippen LogP contribution in [-0.2, 0) is 24.2 Å². The largest absolute Gasteiger partial charge is 0.484 e. The molecule has 1 amide bonds. The van der Waals surface area contributed by atoms with E-state index in [4.69, 9.17) is 17.0 Å². The van der Waals surface area contributed by atoms with Crippen LogP contribution in [0.3, 0.4) is 0 Å². The van der Waals surface area contributed by atoms with Gasteiger partial charge in [-0.1, -0.05) is 36.4 Å². The topological polar surface area (TPSA) is 62.4 Å². The number of rotatable bonds is 5. The lowest BCUT2D eigenvalue weighted by molar-refractivity contribution is -0.123. The molecule has 3 N–H and O–H groups in total. The summed E-state index contributed by atoms with van der Waals surface area (Å²) in [5.74, 6) is 0.435. The number of thiocarbonyl (C=S) groups is 1. The van der Waals surface area contributed by atoms with Crippen molar-refractivity contribution in [3.8, 4) is 5.75 Å². The zero-order valence-corrected chi connectivity index (χ0v) is 14.7. The van der Waals surface area contributed by atoms with Crippen LogP contribution < -0.4 is 20.9 Å². The van der Waals surface area contributed by atoms with Crippen LogP contribution in [0.15, 0.2) is 48.5 Å². The highest BCUT2D eigenvalue weighted by Gasteiger charge is 2.11. The molecule has 0 radical (unpaired) electrons. The number of amides is 1. The molecule has 0 aliphatic heterocycles. The van der Waals surface area contributed by atoms with Gasteiger partial charge in [-0.3, -0.25) is 15.6 Å². The zero-order chi connectivity index (χ0) is 17.5. The van der Waals surface area contributed by atoms with Gasteiger partial charge >= 0.3 is 0 Å². The van der Waals surface area contributed by atoms with Gasteiger partial charge in [-0.05, 0) is 60.3 Å². The second kappa shape index (κ2) is 8.48. The van der Waals surface area contributed by atoms with E-state index in [0.29, 0.717) is 11.7 Å². The second-order valence-electron chi connectivity index (χ2n) is 5.91. The van der Waals surface area contributed by atoms with E-state index in [2.05, 4.69) is 22.2 Å². The molecule has 2 aromatic rings. The first-order chi connectivity index (χ1) is 12.2. The van der Waals surface area contributed by atoms with Gasteiger partial charge in [0.05, 0.1) is 0 Å². The van der Waals surface area contributed by atoms with Crippen molar-refractivity contribution < 1.29 is 9.53 Å². The van der Waals surface area contributed by atoms with E-state index in [9.17, 15) is 4.79 Å². The van der Waals surface area contributed by atoms with E-state index in [1.54, 1.807) is 0 Å². The molecule has 0 spiro atoms. The highest BCUT2D eigenvalue weighted by Crippen LogP contribution is 2.25. The quantitative estimate of drug-likeness (QED) is 0.567. The minimum absolute atomic E-state index is 0.0624. The van der Waals surface area contributed by atoms with Crippen LogP contribution in [0.1, 0.15) is 23.1 Å². The minimum Gasteiger partial charge on any atom is -0.484 e. The summed E-state index contributed by atoms with van der Waals surface area (Å²) in [4.78, 5) is 11.8. The van der Waals surface area contributed by atoms with Crippen molar-refractivity contribution in [2.45, 2.75) is 25.8 Å². The number of hydrazine groups is 1. The fourth-order valence-corrected chi connectivity index (χ4v) is 2.90. The Hall–Kier alpha value is -2.60. The number of carbonyl (C=O) groups excluding carboxylic acids is 1. The summed E-state index contributed by atoms with van der Waals surface area (Å²) in [5.41, 5.74) is 9.01. The van der Waals surface area contributed by atoms with E-state index >= 15 is 0 Å². The molecule has 130 valence electrons. The summed E-state index contributed by atoms with van der Waals surface area (Å²) in [5, 5.41) is 3.38. The van der Waals surface area contributed by atoms with Crippen molar-refractivity contribution in [1.29, 1.82) is 0 Å². The van der Waals surface area contributed by atoms with Crippen molar-refractivity contribution in [2.24, 2.45) is 0 Å². The lowest BCUT2D eigenvalue weighted by atomic mass is 10.1. The molecule has 0 unspecified atom stereocenters. The molecule has 3 rings (SSSR count). The van der Waals surface area contributed by atoms with Crippen molar-refractivity contribution >= 4 is 23.2 Å². The average molecular weight is 355 g/mol. The van der Waals surface area contributed by atoms with Gasteiger partial charge in [-0.25, -0.2) is 0 Å². The molecule has 0 fully saturated rings. The third-order valence-corrected chi connectivity index (χ3v) is 4.30. The van der Waals surface area contributed by atoms with Crippen molar-refractivity contribution in [2.75, 3.05) is 6.61 Å². The van der Waals surface area contributed by atoms with Gasteiger partial charge < -0.3 is 10.1 Å². The van der Waals surface area contributed by atoms with Crippen molar-refractivity contribution in [3.05, 3.63) is 65.2 Å². The molecule has 0 saturated carbocycles. The molecule has 1 aliphatic carbocycles. The number of ether oxygens (including phenoxy) is 1. The van der Waals surface area contributed by atoms with Crippen LogP contribution in [0.2, 0.25) is 0 Å². The predicted molar refractivity (Wildman–Crippen MR) is 101 cm³/mol. The van der Waals surface area contributed by atoms with Gasteiger partial charge in [0.2, 0.25) is 0 Å². The standard InChI is InChI=1S/C19H21N3O2S/c23-18(13-24-17-10-9-15-7-4-8-16(15)11-17)21-22-19(25)20-12-14-5-2-1-3-6-14/h1-3,5-6,9-11H,4,7-8,12-13H2,(H,21,23)(H2,20,22,25). The molecule has 5 nitrogen and oxygen atoms in total. The third kappa shape index (κ3) is 5.19. The van der Waals surface area contributed by atoms with E-state index in [0.717, 1.165) is 24.2 Å². The first-order valence-corrected chi connectivity index (χ1v) is 8.73. The molecule has 0 atom stereocenters. The van der Waals surface area contributed by atoms with Crippen molar-refractivity contribution in [1.82, 2.24) is 16.2 Å². The second-order valence-corrected chi connectivity index (χ2v) is 6.32. The Bertz CT molecular complexity index is 750. The Kier molecular flexibility index (Phi) is 5.85. The summed E-state index contributed by atoms with van der Waals surface area (Å²) >= 11 is 5.13. The van der Waals surface area contributed by atoms with Crippen LogP contribution in [0, 0.1) is 0 Å². The number of benzene rings is 2. The van der Waals surface area contributed by atoms with Gasteiger partial charge in [0.1, 0.15) is 5.75 Å². The van der Waals surface area contributed by atoms with Gasteiger partial charge in [-0.2, -0.15) is 0 Å². The summed E-state index contributed by atoms with van der Waals surface area (Å²) in [6.45, 7) is 0.529. The SMILES string of the molecule is O=C(COc1ccc2c(c1)CCC2)NNC(=S)NCc1ccccc1. The van der Waals surface area contributed by atoms with Crippen LogP contribution in [0.4, 0.5) is 0 Å². The molecule has 6 heteroatoms. The molecular formula is C19H21N3O2S. The van der Waals surface area contributed by atoms with E-state index in [1.807, 2.05) is 42.5 Å². The Labute approximate surface area is 152 Å². The Morgan fingerprint density at radius 2 is 1.84 bits per heavy atom. The minimum atomic E-state index is -0.288. The Balaban J connectivity index is 1.35. The van der Waals surface area contributed by atoms with E-state index in [1.165, 1.54) is 17.5 Å².